The average molecular weight is 317 g/mol. The Bertz CT molecular complexity index is 464. The minimum Gasteiger partial charge on any atom is -0.338 e. The normalized spacial score (nSPS) is 28.6. The van der Waals surface area contributed by atoms with E-state index < -0.39 is 15.6 Å². The number of nitrogens with one attached hydrogen (secondary N) is 1. The summed E-state index contributed by atoms with van der Waals surface area (Å²) in [5.41, 5.74) is -0.470. The zero-order valence-electron chi connectivity index (χ0n) is 13.1. The molecule has 0 aliphatic carbocycles. The van der Waals surface area contributed by atoms with Gasteiger partial charge in [0.2, 0.25) is 15.9 Å². The van der Waals surface area contributed by atoms with Gasteiger partial charge in [-0.2, -0.15) is 4.31 Å². The van der Waals surface area contributed by atoms with Crippen LogP contribution in [0.1, 0.15) is 39.5 Å². The molecule has 0 spiro atoms. The average Bonchev–Trinajstić information content (AvgIpc) is 2.47. The van der Waals surface area contributed by atoms with E-state index >= 15 is 0 Å². The third kappa shape index (κ3) is 3.76. The third-order valence-electron chi connectivity index (χ3n) is 4.47. The molecule has 2 rings (SSSR count). The molecule has 2 heterocycles. The van der Waals surface area contributed by atoms with Crippen molar-refractivity contribution in [1.29, 1.82) is 0 Å². The molecule has 0 saturated carbocycles. The molecule has 0 radical (unpaired) electrons. The summed E-state index contributed by atoms with van der Waals surface area (Å²) in [5, 5.41) is 3.33. The minimum atomic E-state index is -3.14. The topological polar surface area (TPSA) is 69.7 Å². The number of piperidine rings is 1. The second-order valence-electron chi connectivity index (χ2n) is 6.22. The summed E-state index contributed by atoms with van der Waals surface area (Å²) in [7, 11) is -3.14. The Morgan fingerprint density at radius 2 is 1.86 bits per heavy atom. The van der Waals surface area contributed by atoms with Crippen LogP contribution in [0.4, 0.5) is 0 Å². The fraction of sp³-hybridized carbons (Fsp3) is 0.929. The Labute approximate surface area is 127 Å². The fourth-order valence-electron chi connectivity index (χ4n) is 3.14. The van der Waals surface area contributed by atoms with E-state index in [1.165, 1.54) is 4.31 Å². The highest BCUT2D eigenvalue weighted by atomic mass is 32.2. The van der Waals surface area contributed by atoms with E-state index in [1.54, 1.807) is 0 Å². The van der Waals surface area contributed by atoms with Crippen LogP contribution in [0.15, 0.2) is 0 Å². The van der Waals surface area contributed by atoms with Gasteiger partial charge in [-0.15, -0.1) is 0 Å². The molecule has 0 aromatic carbocycles. The van der Waals surface area contributed by atoms with Crippen LogP contribution >= 0.6 is 0 Å². The Morgan fingerprint density at radius 1 is 1.19 bits per heavy atom. The maximum atomic E-state index is 12.7. The summed E-state index contributed by atoms with van der Waals surface area (Å²) in [6.45, 7) is 6.56. The first kappa shape index (κ1) is 16.7. The highest BCUT2D eigenvalue weighted by molar-refractivity contribution is 7.89. The van der Waals surface area contributed by atoms with Crippen LogP contribution in [0.5, 0.6) is 0 Å². The first-order valence-electron chi connectivity index (χ1n) is 7.91. The second kappa shape index (κ2) is 6.62. The molecule has 21 heavy (non-hydrogen) atoms. The first-order chi connectivity index (χ1) is 9.89. The molecular weight excluding hydrogens is 290 g/mol. The summed E-state index contributed by atoms with van der Waals surface area (Å²) in [4.78, 5) is 14.5. The van der Waals surface area contributed by atoms with Crippen molar-refractivity contribution < 1.29 is 13.2 Å². The molecule has 122 valence electrons. The summed E-state index contributed by atoms with van der Waals surface area (Å²) in [6.07, 6.45) is 3.68. The molecular formula is C14H27N3O3S. The molecule has 0 aromatic rings. The zero-order valence-corrected chi connectivity index (χ0v) is 13.9. The lowest BCUT2D eigenvalue weighted by molar-refractivity contribution is -0.140. The fourth-order valence-corrected chi connectivity index (χ4v) is 4.64. The number of rotatable bonds is 4. The lowest BCUT2D eigenvalue weighted by Gasteiger charge is -2.41. The number of amides is 1. The summed E-state index contributed by atoms with van der Waals surface area (Å²) in [5.74, 6) is 0.315. The maximum absolute atomic E-state index is 12.7. The molecule has 2 fully saturated rings. The van der Waals surface area contributed by atoms with Gasteiger partial charge in [-0.1, -0.05) is 6.92 Å². The molecule has 1 N–H and O–H groups in total. The van der Waals surface area contributed by atoms with Crippen molar-refractivity contribution >= 4 is 15.9 Å². The van der Waals surface area contributed by atoms with Gasteiger partial charge in [0.1, 0.15) is 0 Å². The molecule has 7 heteroatoms. The third-order valence-corrected chi connectivity index (χ3v) is 6.55. The van der Waals surface area contributed by atoms with Crippen molar-refractivity contribution in [3.8, 4) is 0 Å². The van der Waals surface area contributed by atoms with Gasteiger partial charge in [-0.3, -0.25) is 4.79 Å². The second-order valence-corrected chi connectivity index (χ2v) is 8.31. The van der Waals surface area contributed by atoms with Crippen molar-refractivity contribution in [1.82, 2.24) is 14.5 Å². The van der Waals surface area contributed by atoms with Crippen LogP contribution in [0, 0.1) is 0 Å². The van der Waals surface area contributed by atoms with Crippen LogP contribution in [-0.2, 0) is 14.8 Å². The molecule has 1 atom stereocenters. The van der Waals surface area contributed by atoms with Crippen LogP contribution < -0.4 is 5.32 Å². The summed E-state index contributed by atoms with van der Waals surface area (Å²) in [6, 6.07) is 0. The van der Waals surface area contributed by atoms with Crippen LogP contribution in [0.25, 0.3) is 0 Å². The SMILES string of the molecule is CCCS(=O)(=O)N1CCN(C(=O)C2(C)CCCCN2)CC1. The van der Waals surface area contributed by atoms with E-state index in [0.717, 1.165) is 25.8 Å². The smallest absolute Gasteiger partial charge is 0.242 e. The van der Waals surface area contributed by atoms with E-state index in [9.17, 15) is 13.2 Å². The van der Waals surface area contributed by atoms with Crippen LogP contribution in [0.3, 0.4) is 0 Å². The number of piperazine rings is 1. The van der Waals surface area contributed by atoms with Gasteiger partial charge in [-0.25, -0.2) is 8.42 Å². The van der Waals surface area contributed by atoms with Gasteiger partial charge >= 0.3 is 0 Å². The van der Waals surface area contributed by atoms with E-state index in [2.05, 4.69) is 5.32 Å². The van der Waals surface area contributed by atoms with Crippen LogP contribution in [-0.4, -0.2) is 67.5 Å². The largest absolute Gasteiger partial charge is 0.338 e. The van der Waals surface area contributed by atoms with E-state index in [4.69, 9.17) is 0 Å². The Morgan fingerprint density at radius 3 is 2.38 bits per heavy atom. The van der Waals surface area contributed by atoms with Gasteiger partial charge in [0.05, 0.1) is 11.3 Å². The first-order valence-corrected chi connectivity index (χ1v) is 9.52. The van der Waals surface area contributed by atoms with Crippen molar-refractivity contribution in [2.75, 3.05) is 38.5 Å². The Kier molecular flexibility index (Phi) is 5.27. The highest BCUT2D eigenvalue weighted by Gasteiger charge is 2.39. The highest BCUT2D eigenvalue weighted by Crippen LogP contribution is 2.22. The van der Waals surface area contributed by atoms with Gasteiger partial charge in [0, 0.05) is 26.2 Å². The molecule has 1 unspecified atom stereocenters. The van der Waals surface area contributed by atoms with Gasteiger partial charge in [-0.05, 0) is 39.2 Å². The van der Waals surface area contributed by atoms with Crippen molar-refractivity contribution in [3.63, 3.8) is 0 Å². The van der Waals surface area contributed by atoms with E-state index in [-0.39, 0.29) is 11.7 Å². The van der Waals surface area contributed by atoms with Crippen molar-refractivity contribution in [3.05, 3.63) is 0 Å². The molecule has 6 nitrogen and oxygen atoms in total. The van der Waals surface area contributed by atoms with Gasteiger partial charge < -0.3 is 10.2 Å². The molecule has 0 aromatic heterocycles. The minimum absolute atomic E-state index is 0.120. The Hall–Kier alpha value is -0.660. The summed E-state index contributed by atoms with van der Waals surface area (Å²) < 4.78 is 25.6. The Balaban J connectivity index is 1.93. The van der Waals surface area contributed by atoms with E-state index in [1.807, 2.05) is 18.7 Å². The van der Waals surface area contributed by atoms with E-state index in [0.29, 0.717) is 32.6 Å². The number of carbonyl (C=O) groups is 1. The van der Waals surface area contributed by atoms with Gasteiger partial charge in [0.15, 0.2) is 0 Å². The quantitative estimate of drug-likeness (QED) is 0.815. The monoisotopic (exact) mass is 317 g/mol. The number of carbonyl (C=O) groups excluding carboxylic acids is 1. The number of sulfonamides is 1. The molecule has 1 amide bonds. The van der Waals surface area contributed by atoms with Crippen LogP contribution in [0.2, 0.25) is 0 Å². The number of hydrogen-bond acceptors (Lipinski definition) is 4. The predicted octanol–water partition coefficient (Wildman–Crippen LogP) is 0.403. The van der Waals surface area contributed by atoms with Crippen molar-refractivity contribution in [2.45, 2.75) is 45.1 Å². The standard InChI is InChI=1S/C14H27N3O3S/c1-3-12-21(19,20)17-10-8-16(9-11-17)13(18)14(2)6-4-5-7-15-14/h15H,3-12H2,1-2H3. The molecule has 2 saturated heterocycles. The summed E-state index contributed by atoms with van der Waals surface area (Å²) >= 11 is 0. The molecule has 2 aliphatic rings. The predicted molar refractivity (Wildman–Crippen MR) is 82.5 cm³/mol. The van der Waals surface area contributed by atoms with Gasteiger partial charge in [0.25, 0.3) is 0 Å². The molecule has 2 aliphatic heterocycles. The molecule has 0 bridgehead atoms. The maximum Gasteiger partial charge on any atom is 0.242 e. The lowest BCUT2D eigenvalue weighted by Crippen LogP contribution is -2.61. The number of nitrogens with zero attached hydrogens (tertiary/aromatic N) is 2. The number of hydrogen-bond donors (Lipinski definition) is 1. The lowest BCUT2D eigenvalue weighted by atomic mass is 9.89. The van der Waals surface area contributed by atoms with Crippen molar-refractivity contribution in [2.24, 2.45) is 0 Å². The zero-order chi connectivity index (χ0) is 15.5.